The molecule has 1 aromatic carbocycles. The Morgan fingerprint density at radius 3 is 2.59 bits per heavy atom. The van der Waals surface area contributed by atoms with Gasteiger partial charge in [0.1, 0.15) is 0 Å². The van der Waals surface area contributed by atoms with Crippen molar-refractivity contribution in [2.45, 2.75) is 71.3 Å². The van der Waals surface area contributed by atoms with Crippen LogP contribution in [0.25, 0.3) is 0 Å². The molecule has 3 rings (SSSR count). The number of rotatable bonds is 5. The van der Waals surface area contributed by atoms with Crippen LogP contribution in [0.3, 0.4) is 0 Å². The monoisotopic (exact) mass is 377 g/mol. The molecule has 5 nitrogen and oxygen atoms in total. The zero-order chi connectivity index (χ0) is 19.8. The van der Waals surface area contributed by atoms with Crippen molar-refractivity contribution >= 4 is 0 Å². The van der Waals surface area contributed by atoms with Crippen molar-refractivity contribution in [3.05, 3.63) is 23.3 Å². The van der Waals surface area contributed by atoms with E-state index in [0.29, 0.717) is 18.9 Å². The van der Waals surface area contributed by atoms with Crippen LogP contribution in [0.4, 0.5) is 0 Å². The number of nitrogens with zero attached hydrogens (tertiary/aromatic N) is 1. The van der Waals surface area contributed by atoms with Gasteiger partial charge in [0.05, 0.1) is 31.5 Å². The normalized spacial score (nSPS) is 25.9. The Labute approximate surface area is 163 Å². The molecule has 2 aliphatic rings. The van der Waals surface area contributed by atoms with Crippen molar-refractivity contribution in [1.29, 1.82) is 0 Å². The summed E-state index contributed by atoms with van der Waals surface area (Å²) >= 11 is 0. The van der Waals surface area contributed by atoms with Crippen LogP contribution in [0.15, 0.2) is 12.1 Å². The second-order valence-electron chi connectivity index (χ2n) is 9.24. The molecule has 3 atom stereocenters. The summed E-state index contributed by atoms with van der Waals surface area (Å²) in [6.45, 7) is 12.8. The van der Waals surface area contributed by atoms with E-state index in [1.54, 1.807) is 7.11 Å². The molecule has 2 heterocycles. The second kappa shape index (κ2) is 7.98. The van der Waals surface area contributed by atoms with Crippen molar-refractivity contribution in [2.24, 2.45) is 5.92 Å². The number of methoxy groups -OCH3 is 1. The Hall–Kier alpha value is -1.30. The highest BCUT2D eigenvalue weighted by molar-refractivity contribution is 5.49. The molecule has 5 heteroatoms. The number of aliphatic hydroxyl groups excluding tert-OH is 1. The second-order valence-corrected chi connectivity index (χ2v) is 9.24. The van der Waals surface area contributed by atoms with E-state index in [0.717, 1.165) is 31.0 Å². The number of ether oxygens (including phenoxy) is 3. The van der Waals surface area contributed by atoms with E-state index >= 15 is 0 Å². The van der Waals surface area contributed by atoms with Crippen LogP contribution in [0, 0.1) is 5.92 Å². The molecular formula is C22H35NO4. The summed E-state index contributed by atoms with van der Waals surface area (Å²) in [7, 11) is 1.69. The Balaban J connectivity index is 1.82. The van der Waals surface area contributed by atoms with Gasteiger partial charge in [0.15, 0.2) is 11.5 Å². The molecule has 0 radical (unpaired) electrons. The standard InChI is InChI=1S/C22H35NO4/c1-14(2)13-26-20-9-15-7-8-23-12-21(27-22(3,4)5)18(24)11-17(23)16(15)10-19(20)25-6/h9-10,14,17-18,21,24H,7-8,11-13H2,1-6H3/t17-,18-,21-/m1/s1. The number of aliphatic hydroxyl groups is 1. The first-order valence-corrected chi connectivity index (χ1v) is 10.1. The lowest BCUT2D eigenvalue weighted by molar-refractivity contribution is -0.149. The molecule has 0 unspecified atom stereocenters. The van der Waals surface area contributed by atoms with E-state index < -0.39 is 6.10 Å². The van der Waals surface area contributed by atoms with Gasteiger partial charge >= 0.3 is 0 Å². The van der Waals surface area contributed by atoms with Gasteiger partial charge in [-0.2, -0.15) is 0 Å². The Morgan fingerprint density at radius 1 is 1.22 bits per heavy atom. The third-order valence-corrected chi connectivity index (χ3v) is 5.28. The van der Waals surface area contributed by atoms with Crippen molar-refractivity contribution in [3.63, 3.8) is 0 Å². The minimum absolute atomic E-state index is 0.140. The summed E-state index contributed by atoms with van der Waals surface area (Å²) in [5.41, 5.74) is 2.30. The maximum absolute atomic E-state index is 10.7. The Kier molecular flexibility index (Phi) is 6.04. The number of hydrogen-bond acceptors (Lipinski definition) is 5. The number of piperidine rings is 1. The first-order valence-electron chi connectivity index (χ1n) is 10.1. The number of fused-ring (bicyclic) bond motifs is 3. The van der Waals surface area contributed by atoms with Gasteiger partial charge in [-0.05, 0) is 62.8 Å². The van der Waals surface area contributed by atoms with E-state index in [9.17, 15) is 5.11 Å². The molecule has 2 aliphatic heterocycles. The van der Waals surface area contributed by atoms with E-state index in [-0.39, 0.29) is 17.7 Å². The largest absolute Gasteiger partial charge is 0.493 e. The quantitative estimate of drug-likeness (QED) is 0.850. The van der Waals surface area contributed by atoms with Crippen molar-refractivity contribution in [2.75, 3.05) is 26.8 Å². The van der Waals surface area contributed by atoms with E-state index in [1.165, 1.54) is 11.1 Å². The molecule has 27 heavy (non-hydrogen) atoms. The summed E-state index contributed by atoms with van der Waals surface area (Å²) in [6.07, 6.45) is 1.06. The molecule has 0 aromatic heterocycles. The Bertz CT molecular complexity index is 652. The molecule has 0 aliphatic carbocycles. The van der Waals surface area contributed by atoms with Crippen molar-refractivity contribution in [3.8, 4) is 11.5 Å². The molecule has 1 saturated heterocycles. The molecule has 0 spiro atoms. The predicted molar refractivity (Wildman–Crippen MR) is 107 cm³/mol. The highest BCUT2D eigenvalue weighted by Gasteiger charge is 2.40. The maximum atomic E-state index is 10.7. The SMILES string of the molecule is COc1cc2c(cc1OCC(C)C)CCN1C[C@@H](OC(C)(C)C)[C@H](O)C[C@H]21. The summed E-state index contributed by atoms with van der Waals surface area (Å²) in [5.74, 6) is 2.07. The van der Waals surface area contributed by atoms with Crippen LogP contribution in [0.2, 0.25) is 0 Å². The smallest absolute Gasteiger partial charge is 0.161 e. The first-order chi connectivity index (χ1) is 12.7. The third kappa shape index (κ3) is 4.76. The van der Waals surface area contributed by atoms with Gasteiger partial charge < -0.3 is 19.3 Å². The van der Waals surface area contributed by atoms with Gasteiger partial charge in [0.25, 0.3) is 0 Å². The lowest BCUT2D eigenvalue weighted by atomic mass is 9.84. The molecule has 1 N–H and O–H groups in total. The zero-order valence-corrected chi connectivity index (χ0v) is 17.6. The highest BCUT2D eigenvalue weighted by atomic mass is 16.5. The minimum atomic E-state index is -0.459. The fraction of sp³-hybridized carbons (Fsp3) is 0.727. The van der Waals surface area contributed by atoms with Gasteiger partial charge in [-0.3, -0.25) is 4.90 Å². The fourth-order valence-corrected chi connectivity index (χ4v) is 4.09. The van der Waals surface area contributed by atoms with Crippen LogP contribution >= 0.6 is 0 Å². The maximum Gasteiger partial charge on any atom is 0.161 e. The van der Waals surface area contributed by atoms with Crippen LogP contribution in [0.1, 0.15) is 58.2 Å². The van der Waals surface area contributed by atoms with Gasteiger partial charge in [-0.15, -0.1) is 0 Å². The van der Waals surface area contributed by atoms with Crippen molar-refractivity contribution in [1.82, 2.24) is 4.90 Å². The summed E-state index contributed by atoms with van der Waals surface area (Å²) in [5, 5.41) is 10.7. The molecular weight excluding hydrogens is 342 g/mol. The van der Waals surface area contributed by atoms with Crippen LogP contribution in [-0.4, -0.2) is 54.6 Å². The Morgan fingerprint density at radius 2 is 1.96 bits per heavy atom. The molecule has 0 amide bonds. The van der Waals surface area contributed by atoms with E-state index in [1.807, 2.05) is 20.8 Å². The van der Waals surface area contributed by atoms with E-state index in [2.05, 4.69) is 30.9 Å². The fourth-order valence-electron chi connectivity index (χ4n) is 4.09. The number of hydrogen-bond donors (Lipinski definition) is 1. The molecule has 1 aromatic rings. The molecule has 152 valence electrons. The minimum Gasteiger partial charge on any atom is -0.493 e. The average Bonchev–Trinajstić information content (AvgIpc) is 2.58. The van der Waals surface area contributed by atoms with Gasteiger partial charge in [-0.1, -0.05) is 13.8 Å². The topological polar surface area (TPSA) is 51.2 Å². The van der Waals surface area contributed by atoms with Crippen LogP contribution in [-0.2, 0) is 11.2 Å². The highest BCUT2D eigenvalue weighted by Crippen LogP contribution is 2.42. The number of benzene rings is 1. The summed E-state index contributed by atoms with van der Waals surface area (Å²) in [4.78, 5) is 2.44. The molecule has 0 saturated carbocycles. The molecule has 0 bridgehead atoms. The summed E-state index contributed by atoms with van der Waals surface area (Å²) in [6, 6.07) is 4.45. The lowest BCUT2D eigenvalue weighted by Gasteiger charge is -2.46. The average molecular weight is 378 g/mol. The first kappa shape index (κ1) is 20.4. The predicted octanol–water partition coefficient (Wildman–Crippen LogP) is 3.58. The van der Waals surface area contributed by atoms with Crippen LogP contribution < -0.4 is 9.47 Å². The molecule has 1 fully saturated rings. The third-order valence-electron chi connectivity index (χ3n) is 5.28. The lowest BCUT2D eigenvalue weighted by Crippen LogP contribution is -2.53. The van der Waals surface area contributed by atoms with E-state index in [4.69, 9.17) is 14.2 Å². The van der Waals surface area contributed by atoms with Crippen molar-refractivity contribution < 1.29 is 19.3 Å². The van der Waals surface area contributed by atoms with Crippen LogP contribution in [0.5, 0.6) is 11.5 Å². The van der Waals surface area contributed by atoms with Gasteiger partial charge in [-0.25, -0.2) is 0 Å². The van der Waals surface area contributed by atoms with Gasteiger partial charge in [0.2, 0.25) is 0 Å². The summed E-state index contributed by atoms with van der Waals surface area (Å²) < 4.78 is 17.7. The van der Waals surface area contributed by atoms with Gasteiger partial charge in [0, 0.05) is 19.1 Å². The zero-order valence-electron chi connectivity index (χ0n) is 17.6.